The van der Waals surface area contributed by atoms with E-state index >= 15 is 0 Å². The van der Waals surface area contributed by atoms with Crippen molar-refractivity contribution < 1.29 is 4.79 Å². The van der Waals surface area contributed by atoms with Gasteiger partial charge in [0.2, 0.25) is 5.91 Å². The summed E-state index contributed by atoms with van der Waals surface area (Å²) in [5.41, 5.74) is 4.85. The zero-order valence-electron chi connectivity index (χ0n) is 14.0. The Kier molecular flexibility index (Phi) is 4.77. The quantitative estimate of drug-likeness (QED) is 0.863. The van der Waals surface area contributed by atoms with E-state index in [1.54, 1.807) is 0 Å². The zero-order chi connectivity index (χ0) is 16.2. The number of fused-ring (bicyclic) bond motifs is 2. The molecule has 1 heterocycles. The van der Waals surface area contributed by atoms with Crippen molar-refractivity contribution in [2.45, 2.75) is 26.8 Å². The number of carbonyl (C=O) groups is 1. The lowest BCUT2D eigenvalue weighted by molar-refractivity contribution is -0.119. The molecule has 0 radical (unpaired) electrons. The second-order valence-electron chi connectivity index (χ2n) is 6.02. The molecule has 0 atom stereocenters. The fourth-order valence-corrected chi connectivity index (χ4v) is 3.21. The van der Waals surface area contributed by atoms with Crippen molar-refractivity contribution >= 4 is 11.6 Å². The van der Waals surface area contributed by atoms with Crippen LogP contribution < -0.4 is 4.90 Å². The van der Waals surface area contributed by atoms with Crippen LogP contribution in [0.5, 0.6) is 0 Å². The molecule has 0 aromatic heterocycles. The maximum Gasteiger partial charge on any atom is 0.241 e. The third kappa shape index (κ3) is 3.30. The van der Waals surface area contributed by atoms with E-state index in [2.05, 4.69) is 61.2 Å². The Bertz CT molecular complexity index is 692. The van der Waals surface area contributed by atoms with Crippen molar-refractivity contribution in [3.63, 3.8) is 0 Å². The summed E-state index contributed by atoms with van der Waals surface area (Å²) in [5, 5.41) is 0. The number of benzene rings is 2. The largest absolute Gasteiger partial charge is 0.307 e. The first-order valence-corrected chi connectivity index (χ1v) is 8.40. The van der Waals surface area contributed by atoms with E-state index < -0.39 is 0 Å². The molecule has 3 heteroatoms. The van der Waals surface area contributed by atoms with Gasteiger partial charge in [-0.1, -0.05) is 56.3 Å². The average molecular weight is 308 g/mol. The van der Waals surface area contributed by atoms with Gasteiger partial charge in [0, 0.05) is 5.69 Å². The number of likely N-dealkylation sites (N-methyl/N-ethyl adjacent to an activating group) is 1. The molecule has 0 bridgehead atoms. The average Bonchev–Trinajstić information content (AvgIpc) is 2.76. The Hall–Kier alpha value is -2.13. The van der Waals surface area contributed by atoms with Gasteiger partial charge in [-0.15, -0.1) is 0 Å². The second-order valence-corrected chi connectivity index (χ2v) is 6.02. The van der Waals surface area contributed by atoms with E-state index in [4.69, 9.17) is 0 Å². The van der Waals surface area contributed by atoms with Crippen molar-refractivity contribution in [2.75, 3.05) is 24.5 Å². The van der Waals surface area contributed by atoms with Crippen molar-refractivity contribution in [1.82, 2.24) is 4.90 Å². The summed E-state index contributed by atoms with van der Waals surface area (Å²) >= 11 is 0. The number of hydrogen-bond donors (Lipinski definition) is 0. The Morgan fingerprint density at radius 3 is 2.26 bits per heavy atom. The van der Waals surface area contributed by atoms with Crippen LogP contribution in [0.2, 0.25) is 0 Å². The maximum absolute atomic E-state index is 12.9. The maximum atomic E-state index is 12.9. The van der Waals surface area contributed by atoms with Crippen molar-refractivity contribution in [2.24, 2.45) is 0 Å². The fraction of sp³-hybridized carbons (Fsp3) is 0.350. The van der Waals surface area contributed by atoms with Gasteiger partial charge < -0.3 is 4.90 Å². The van der Waals surface area contributed by atoms with Crippen molar-refractivity contribution in [1.29, 1.82) is 0 Å². The Morgan fingerprint density at radius 1 is 0.957 bits per heavy atom. The molecule has 0 saturated heterocycles. The molecule has 3 nitrogen and oxygen atoms in total. The summed E-state index contributed by atoms with van der Waals surface area (Å²) in [5.74, 6) is 0.179. The minimum absolute atomic E-state index is 0.179. The molecule has 0 N–H and O–H groups in total. The van der Waals surface area contributed by atoms with Crippen LogP contribution in [0.4, 0.5) is 5.69 Å². The van der Waals surface area contributed by atoms with E-state index in [1.165, 1.54) is 16.7 Å². The highest BCUT2D eigenvalue weighted by molar-refractivity contribution is 5.95. The monoisotopic (exact) mass is 308 g/mol. The lowest BCUT2D eigenvalue weighted by Crippen LogP contribution is -2.40. The first-order valence-electron chi connectivity index (χ1n) is 8.40. The van der Waals surface area contributed by atoms with Crippen LogP contribution in [0.3, 0.4) is 0 Å². The molecule has 120 valence electrons. The number of hydrogen-bond acceptors (Lipinski definition) is 2. The first-order chi connectivity index (χ1) is 11.2. The molecule has 0 fully saturated rings. The summed E-state index contributed by atoms with van der Waals surface area (Å²) in [6, 6.07) is 16.7. The molecule has 2 aromatic rings. The van der Waals surface area contributed by atoms with E-state index in [-0.39, 0.29) is 5.91 Å². The zero-order valence-corrected chi connectivity index (χ0v) is 14.0. The third-order valence-corrected chi connectivity index (χ3v) is 4.66. The van der Waals surface area contributed by atoms with Crippen LogP contribution in [0.15, 0.2) is 48.5 Å². The minimum Gasteiger partial charge on any atom is -0.307 e. The van der Waals surface area contributed by atoms with Gasteiger partial charge >= 0.3 is 0 Å². The lowest BCUT2D eigenvalue weighted by Gasteiger charge is -2.26. The second kappa shape index (κ2) is 6.97. The van der Waals surface area contributed by atoms with Crippen LogP contribution in [0.1, 0.15) is 30.5 Å². The van der Waals surface area contributed by atoms with E-state index in [0.29, 0.717) is 13.1 Å². The Balaban J connectivity index is 1.97. The summed E-state index contributed by atoms with van der Waals surface area (Å²) in [6.07, 6.45) is 0.890. The molecule has 0 unspecified atom stereocenters. The van der Waals surface area contributed by atoms with Gasteiger partial charge in [0.1, 0.15) is 0 Å². The molecule has 1 aliphatic heterocycles. The Morgan fingerprint density at radius 2 is 1.57 bits per heavy atom. The van der Waals surface area contributed by atoms with Crippen LogP contribution in [-0.4, -0.2) is 30.4 Å². The smallest absolute Gasteiger partial charge is 0.241 e. The van der Waals surface area contributed by atoms with Crippen molar-refractivity contribution in [3.05, 3.63) is 65.2 Å². The predicted octanol–water partition coefficient (Wildman–Crippen LogP) is 3.47. The number of carbonyl (C=O) groups excluding carboxylic acids is 1. The third-order valence-electron chi connectivity index (χ3n) is 4.66. The van der Waals surface area contributed by atoms with Gasteiger partial charge in [-0.3, -0.25) is 9.69 Å². The van der Waals surface area contributed by atoms with Gasteiger partial charge in [0.25, 0.3) is 0 Å². The molecule has 3 rings (SSSR count). The van der Waals surface area contributed by atoms with Crippen LogP contribution >= 0.6 is 0 Å². The summed E-state index contributed by atoms with van der Waals surface area (Å²) in [4.78, 5) is 17.1. The van der Waals surface area contributed by atoms with E-state index in [9.17, 15) is 4.79 Å². The molecular weight excluding hydrogens is 284 g/mol. The van der Waals surface area contributed by atoms with E-state index in [0.717, 1.165) is 25.2 Å². The fourth-order valence-electron chi connectivity index (χ4n) is 3.21. The normalized spacial score (nSPS) is 13.4. The molecule has 2 aromatic carbocycles. The molecular formula is C20H24N2O. The topological polar surface area (TPSA) is 23.6 Å². The molecule has 0 spiro atoms. The molecule has 1 aliphatic rings. The highest BCUT2D eigenvalue weighted by Crippen LogP contribution is 2.30. The van der Waals surface area contributed by atoms with Gasteiger partial charge in [-0.2, -0.15) is 0 Å². The van der Waals surface area contributed by atoms with Gasteiger partial charge in [0.05, 0.1) is 13.1 Å². The molecule has 1 amide bonds. The minimum atomic E-state index is 0.179. The van der Waals surface area contributed by atoms with E-state index in [1.807, 2.05) is 11.0 Å². The van der Waals surface area contributed by atoms with Crippen LogP contribution in [0, 0.1) is 0 Å². The predicted molar refractivity (Wildman–Crippen MR) is 94.7 cm³/mol. The number of para-hydroxylation sites is 1. The van der Waals surface area contributed by atoms with Gasteiger partial charge in [0.15, 0.2) is 0 Å². The summed E-state index contributed by atoms with van der Waals surface area (Å²) in [7, 11) is 0. The number of rotatable bonds is 4. The lowest BCUT2D eigenvalue weighted by atomic mass is 10.0. The van der Waals surface area contributed by atoms with Crippen molar-refractivity contribution in [3.8, 4) is 0 Å². The molecule has 0 aliphatic carbocycles. The standard InChI is InChI=1S/C20H24N2O/c1-3-21(4-2)15-20(23)22-14-18-11-6-5-9-16(18)13-17-10-7-8-12-19(17)22/h5-12H,3-4,13-15H2,1-2H3. The summed E-state index contributed by atoms with van der Waals surface area (Å²) in [6.45, 7) is 7.13. The van der Waals surface area contributed by atoms with Gasteiger partial charge in [-0.05, 0) is 42.3 Å². The number of anilines is 1. The highest BCUT2D eigenvalue weighted by atomic mass is 16.2. The summed E-state index contributed by atoms with van der Waals surface area (Å²) < 4.78 is 0. The highest BCUT2D eigenvalue weighted by Gasteiger charge is 2.24. The number of nitrogens with zero attached hydrogens (tertiary/aromatic N) is 2. The van der Waals surface area contributed by atoms with Crippen LogP contribution in [0.25, 0.3) is 0 Å². The Labute approximate surface area is 138 Å². The SMILES string of the molecule is CCN(CC)CC(=O)N1Cc2ccccc2Cc2ccccc21. The molecule has 0 saturated carbocycles. The molecule has 23 heavy (non-hydrogen) atoms. The van der Waals surface area contributed by atoms with Gasteiger partial charge in [-0.25, -0.2) is 0 Å². The first kappa shape index (κ1) is 15.8. The number of amides is 1. The van der Waals surface area contributed by atoms with Crippen LogP contribution in [-0.2, 0) is 17.8 Å².